The molecule has 0 radical (unpaired) electrons. The Morgan fingerprint density at radius 1 is 1.53 bits per heavy atom. The van der Waals surface area contributed by atoms with Crippen LogP contribution in [0.15, 0.2) is 28.7 Å². The van der Waals surface area contributed by atoms with Gasteiger partial charge in [0, 0.05) is 16.1 Å². The van der Waals surface area contributed by atoms with Crippen LogP contribution in [0.1, 0.15) is 12.5 Å². The first-order valence-electron chi connectivity index (χ1n) is 5.11. The molecule has 0 spiro atoms. The fourth-order valence-electron chi connectivity index (χ4n) is 1.61. The van der Waals surface area contributed by atoms with Crippen LogP contribution in [0.4, 0.5) is 5.69 Å². The number of fused-ring (bicyclic) bond motifs is 1. The van der Waals surface area contributed by atoms with Gasteiger partial charge in [0.2, 0.25) is 0 Å². The molecule has 1 aliphatic rings. The first kappa shape index (κ1) is 11.9. The first-order valence-corrected chi connectivity index (χ1v) is 5.91. The first-order chi connectivity index (χ1) is 8.11. The number of ether oxygens (including phenoxy) is 1. The molecule has 17 heavy (non-hydrogen) atoms. The van der Waals surface area contributed by atoms with Crippen molar-refractivity contribution >= 4 is 39.1 Å². The average molecular weight is 296 g/mol. The molecule has 1 amide bonds. The second-order valence-corrected chi connectivity index (χ2v) is 4.37. The molecule has 1 aromatic rings. The second kappa shape index (κ2) is 4.71. The number of hydrogen-bond donors (Lipinski definition) is 1. The Morgan fingerprint density at radius 3 is 3.00 bits per heavy atom. The molecule has 1 heterocycles. The number of carbonyl (C=O) groups is 2. The van der Waals surface area contributed by atoms with E-state index in [0.29, 0.717) is 16.8 Å². The zero-order chi connectivity index (χ0) is 12.4. The van der Waals surface area contributed by atoms with E-state index in [0.717, 1.165) is 4.47 Å². The molecular weight excluding hydrogens is 286 g/mol. The minimum absolute atomic E-state index is 0.286. The van der Waals surface area contributed by atoms with Crippen molar-refractivity contribution in [3.05, 3.63) is 34.3 Å². The van der Waals surface area contributed by atoms with Crippen LogP contribution in [0.3, 0.4) is 0 Å². The topological polar surface area (TPSA) is 55.4 Å². The highest BCUT2D eigenvalue weighted by Crippen LogP contribution is 2.33. The van der Waals surface area contributed by atoms with Crippen molar-refractivity contribution < 1.29 is 14.3 Å². The van der Waals surface area contributed by atoms with E-state index in [4.69, 9.17) is 4.74 Å². The third-order valence-corrected chi connectivity index (χ3v) is 2.81. The number of amides is 1. The maximum atomic E-state index is 11.7. The molecule has 1 aliphatic heterocycles. The van der Waals surface area contributed by atoms with Crippen molar-refractivity contribution in [3.8, 4) is 0 Å². The van der Waals surface area contributed by atoms with Gasteiger partial charge in [0.15, 0.2) is 0 Å². The average Bonchev–Trinajstić information content (AvgIpc) is 2.55. The quantitative estimate of drug-likeness (QED) is 0.673. The Labute approximate surface area is 107 Å². The lowest BCUT2D eigenvalue weighted by atomic mass is 10.1. The molecule has 0 atom stereocenters. The van der Waals surface area contributed by atoms with Crippen LogP contribution in [0, 0.1) is 0 Å². The van der Waals surface area contributed by atoms with Gasteiger partial charge in [-0.25, -0.2) is 4.79 Å². The number of hydrogen-bond acceptors (Lipinski definition) is 3. The summed E-state index contributed by atoms with van der Waals surface area (Å²) in [4.78, 5) is 23.0. The fraction of sp³-hybridized carbons (Fsp3) is 0.167. The summed E-state index contributed by atoms with van der Waals surface area (Å²) in [6, 6.07) is 5.39. The molecule has 1 aromatic carbocycles. The molecule has 0 saturated carbocycles. The minimum atomic E-state index is -0.506. The highest BCUT2D eigenvalue weighted by atomic mass is 79.9. The number of benzene rings is 1. The van der Waals surface area contributed by atoms with Crippen molar-refractivity contribution in [2.24, 2.45) is 0 Å². The van der Waals surface area contributed by atoms with Crippen LogP contribution < -0.4 is 5.32 Å². The summed E-state index contributed by atoms with van der Waals surface area (Å²) in [6.07, 6.45) is 1.22. The monoisotopic (exact) mass is 295 g/mol. The molecular formula is C12H10BrNO3. The summed E-state index contributed by atoms with van der Waals surface area (Å²) in [6.45, 7) is 2.01. The predicted molar refractivity (Wildman–Crippen MR) is 67.4 cm³/mol. The minimum Gasteiger partial charge on any atom is -0.463 e. The number of carbonyl (C=O) groups excluding carboxylic acids is 2. The number of halogens is 1. The molecule has 0 saturated heterocycles. The molecule has 2 rings (SSSR count). The van der Waals surface area contributed by atoms with Crippen LogP contribution in [0.2, 0.25) is 0 Å². The van der Waals surface area contributed by atoms with Gasteiger partial charge < -0.3 is 10.1 Å². The molecule has 0 bridgehead atoms. The van der Waals surface area contributed by atoms with Gasteiger partial charge in [-0.2, -0.15) is 0 Å². The van der Waals surface area contributed by atoms with Crippen molar-refractivity contribution in [2.45, 2.75) is 6.92 Å². The fourth-order valence-corrected chi connectivity index (χ4v) is 1.97. The van der Waals surface area contributed by atoms with Crippen molar-refractivity contribution in [3.63, 3.8) is 0 Å². The summed E-state index contributed by atoms with van der Waals surface area (Å²) >= 11 is 3.32. The maximum Gasteiger partial charge on any atom is 0.331 e. The molecule has 5 heteroatoms. The number of rotatable bonds is 2. The molecule has 1 N–H and O–H groups in total. The van der Waals surface area contributed by atoms with E-state index in [1.165, 1.54) is 6.08 Å². The van der Waals surface area contributed by atoms with E-state index in [2.05, 4.69) is 21.2 Å². The predicted octanol–water partition coefficient (Wildman–Crippen LogP) is 2.35. The van der Waals surface area contributed by atoms with E-state index in [-0.39, 0.29) is 12.5 Å². The van der Waals surface area contributed by atoms with Crippen LogP contribution in [-0.4, -0.2) is 18.5 Å². The van der Waals surface area contributed by atoms with Gasteiger partial charge in [-0.05, 0) is 19.1 Å². The van der Waals surface area contributed by atoms with E-state index in [9.17, 15) is 9.59 Å². The third kappa shape index (κ3) is 2.39. The summed E-state index contributed by atoms with van der Waals surface area (Å²) in [5.41, 5.74) is 1.75. The highest BCUT2D eigenvalue weighted by Gasteiger charge is 2.25. The maximum absolute atomic E-state index is 11.7. The van der Waals surface area contributed by atoms with Crippen molar-refractivity contribution in [1.82, 2.24) is 0 Å². The number of anilines is 1. The SMILES string of the molecule is CCOC(=O)/C=C1/C(=O)Nc2cc(Br)ccc21. The van der Waals surface area contributed by atoms with E-state index >= 15 is 0 Å². The zero-order valence-corrected chi connectivity index (χ0v) is 10.7. The van der Waals surface area contributed by atoms with Gasteiger partial charge in [0.25, 0.3) is 5.91 Å². The zero-order valence-electron chi connectivity index (χ0n) is 9.12. The molecule has 88 valence electrons. The van der Waals surface area contributed by atoms with Crippen LogP contribution in [-0.2, 0) is 14.3 Å². The van der Waals surface area contributed by atoms with Crippen LogP contribution in [0.5, 0.6) is 0 Å². The Bertz CT molecular complexity index is 522. The lowest BCUT2D eigenvalue weighted by Gasteiger charge is -1.99. The Kier molecular flexibility index (Phi) is 3.28. The number of nitrogens with one attached hydrogen (secondary N) is 1. The third-order valence-electron chi connectivity index (χ3n) is 2.31. The molecule has 0 aliphatic carbocycles. The number of esters is 1. The van der Waals surface area contributed by atoms with Gasteiger partial charge in [0.1, 0.15) is 0 Å². The van der Waals surface area contributed by atoms with Crippen molar-refractivity contribution in [2.75, 3.05) is 11.9 Å². The molecule has 0 fully saturated rings. The second-order valence-electron chi connectivity index (χ2n) is 3.45. The smallest absolute Gasteiger partial charge is 0.331 e. The summed E-state index contributed by atoms with van der Waals surface area (Å²) in [5.74, 6) is -0.792. The standard InChI is InChI=1S/C12H10BrNO3/c1-2-17-11(15)6-9-8-4-3-7(13)5-10(8)14-12(9)16/h3-6H,2H2,1H3,(H,14,16)/b9-6+. The van der Waals surface area contributed by atoms with E-state index in [1.54, 1.807) is 19.1 Å². The lowest BCUT2D eigenvalue weighted by Crippen LogP contribution is -2.07. The summed E-state index contributed by atoms with van der Waals surface area (Å²) in [5, 5.41) is 2.69. The molecule has 4 nitrogen and oxygen atoms in total. The van der Waals surface area contributed by atoms with Crippen LogP contribution >= 0.6 is 15.9 Å². The normalized spacial score (nSPS) is 15.6. The lowest BCUT2D eigenvalue weighted by molar-refractivity contribution is -0.137. The molecule has 0 aromatic heterocycles. The van der Waals surface area contributed by atoms with Gasteiger partial charge in [-0.15, -0.1) is 0 Å². The summed E-state index contributed by atoms with van der Waals surface area (Å²) < 4.78 is 5.66. The molecule has 0 unspecified atom stereocenters. The Hall–Kier alpha value is -1.62. The Balaban J connectivity index is 2.38. The van der Waals surface area contributed by atoms with Crippen molar-refractivity contribution in [1.29, 1.82) is 0 Å². The van der Waals surface area contributed by atoms with E-state index in [1.807, 2.05) is 6.07 Å². The summed E-state index contributed by atoms with van der Waals surface area (Å²) in [7, 11) is 0. The van der Waals surface area contributed by atoms with Gasteiger partial charge in [-0.3, -0.25) is 4.79 Å². The van der Waals surface area contributed by atoms with E-state index < -0.39 is 5.97 Å². The van der Waals surface area contributed by atoms with Gasteiger partial charge >= 0.3 is 5.97 Å². The van der Waals surface area contributed by atoms with Crippen LogP contribution in [0.25, 0.3) is 5.57 Å². The van der Waals surface area contributed by atoms with Gasteiger partial charge in [0.05, 0.1) is 17.9 Å². The Morgan fingerprint density at radius 2 is 2.29 bits per heavy atom. The largest absolute Gasteiger partial charge is 0.463 e. The van der Waals surface area contributed by atoms with Gasteiger partial charge in [-0.1, -0.05) is 22.0 Å². The highest BCUT2D eigenvalue weighted by molar-refractivity contribution is 9.10.